The maximum absolute atomic E-state index is 12.9. The maximum atomic E-state index is 12.9. The minimum atomic E-state index is -1.46. The van der Waals surface area contributed by atoms with Crippen LogP contribution in [-0.2, 0) is 15.6 Å². The number of amides is 1. The van der Waals surface area contributed by atoms with Crippen molar-refractivity contribution in [3.05, 3.63) is 30.1 Å². The molecule has 1 amide bonds. The average Bonchev–Trinajstić information content (AvgIpc) is 3.11. The Morgan fingerprint density at radius 3 is 2.82 bits per heavy atom. The first-order chi connectivity index (χ1) is 8.08. The van der Waals surface area contributed by atoms with Crippen LogP contribution in [0.1, 0.15) is 12.8 Å². The summed E-state index contributed by atoms with van der Waals surface area (Å²) in [4.78, 5) is 13.7. The highest BCUT2D eigenvalue weighted by atomic mass is 32.2. The topological polar surface area (TPSA) is 37.4 Å². The molecule has 0 saturated heterocycles. The Bertz CT molecular complexity index is 460. The molecular formula is C12H14FNO2S. The molecule has 2 rings (SSSR count). The van der Waals surface area contributed by atoms with Gasteiger partial charge in [-0.05, 0) is 31.0 Å². The standard InChI is InChI=1S/C12H14FNO2S/c1-14(10-5-6-10)12(15)8-17(16)11-4-2-3-9(13)7-11/h2-4,7,10H,5-6,8H2,1H3. The summed E-state index contributed by atoms with van der Waals surface area (Å²) in [5, 5.41) is 0. The average molecular weight is 255 g/mol. The van der Waals surface area contributed by atoms with Crippen molar-refractivity contribution in [2.45, 2.75) is 23.8 Å². The monoisotopic (exact) mass is 255 g/mol. The fourth-order valence-corrected chi connectivity index (χ4v) is 2.64. The van der Waals surface area contributed by atoms with E-state index in [0.29, 0.717) is 10.9 Å². The number of hydrogen-bond acceptors (Lipinski definition) is 2. The molecule has 1 atom stereocenters. The van der Waals surface area contributed by atoms with E-state index in [-0.39, 0.29) is 11.7 Å². The van der Waals surface area contributed by atoms with E-state index in [1.807, 2.05) is 0 Å². The first kappa shape index (κ1) is 12.2. The summed E-state index contributed by atoms with van der Waals surface area (Å²) in [6, 6.07) is 5.88. The van der Waals surface area contributed by atoms with E-state index in [9.17, 15) is 13.4 Å². The molecule has 0 N–H and O–H groups in total. The third-order valence-corrected chi connectivity index (χ3v) is 4.09. The molecule has 1 saturated carbocycles. The van der Waals surface area contributed by atoms with Gasteiger partial charge in [0.1, 0.15) is 11.6 Å². The number of benzene rings is 1. The fraction of sp³-hybridized carbons (Fsp3) is 0.417. The summed E-state index contributed by atoms with van der Waals surface area (Å²) in [7, 11) is 0.261. The van der Waals surface area contributed by atoms with Gasteiger partial charge in [0.25, 0.3) is 0 Å². The summed E-state index contributed by atoms with van der Waals surface area (Å²) in [6.07, 6.45) is 2.05. The summed E-state index contributed by atoms with van der Waals surface area (Å²) in [6.45, 7) is 0. The molecule has 5 heteroatoms. The number of nitrogens with zero attached hydrogens (tertiary/aromatic N) is 1. The van der Waals surface area contributed by atoms with Gasteiger partial charge < -0.3 is 4.90 Å². The number of carbonyl (C=O) groups excluding carboxylic acids is 1. The Kier molecular flexibility index (Phi) is 3.57. The molecule has 1 fully saturated rings. The second-order valence-corrected chi connectivity index (χ2v) is 5.63. The van der Waals surface area contributed by atoms with Crippen molar-refractivity contribution >= 4 is 16.7 Å². The normalized spacial score (nSPS) is 16.6. The van der Waals surface area contributed by atoms with E-state index >= 15 is 0 Å². The summed E-state index contributed by atoms with van der Waals surface area (Å²) < 4.78 is 24.8. The van der Waals surface area contributed by atoms with Crippen molar-refractivity contribution in [2.75, 3.05) is 12.8 Å². The fourth-order valence-electron chi connectivity index (χ4n) is 1.57. The molecule has 0 heterocycles. The SMILES string of the molecule is CN(C(=O)CS(=O)c1cccc(F)c1)C1CC1. The van der Waals surface area contributed by atoms with Crippen LogP contribution in [0.4, 0.5) is 4.39 Å². The van der Waals surface area contributed by atoms with Crippen LogP contribution in [0.25, 0.3) is 0 Å². The van der Waals surface area contributed by atoms with E-state index in [0.717, 1.165) is 12.8 Å². The van der Waals surface area contributed by atoms with Crippen LogP contribution in [0, 0.1) is 5.82 Å². The van der Waals surface area contributed by atoms with Gasteiger partial charge in [-0.25, -0.2) is 4.39 Å². The lowest BCUT2D eigenvalue weighted by atomic mass is 10.4. The zero-order valence-electron chi connectivity index (χ0n) is 9.56. The highest BCUT2D eigenvalue weighted by Gasteiger charge is 2.30. The molecule has 0 aliphatic heterocycles. The molecule has 1 aliphatic carbocycles. The van der Waals surface area contributed by atoms with E-state index in [1.165, 1.54) is 18.2 Å². The molecule has 92 valence electrons. The zero-order valence-corrected chi connectivity index (χ0v) is 10.4. The van der Waals surface area contributed by atoms with E-state index < -0.39 is 16.6 Å². The van der Waals surface area contributed by atoms with Crippen LogP contribution in [0.3, 0.4) is 0 Å². The minimum absolute atomic E-state index is 0.0730. The second-order valence-electron chi connectivity index (χ2n) is 4.18. The van der Waals surface area contributed by atoms with Crippen LogP contribution in [0.5, 0.6) is 0 Å². The van der Waals surface area contributed by atoms with E-state index in [4.69, 9.17) is 0 Å². The molecule has 0 bridgehead atoms. The lowest BCUT2D eigenvalue weighted by Gasteiger charge is -2.15. The number of rotatable bonds is 4. The van der Waals surface area contributed by atoms with E-state index in [1.54, 1.807) is 18.0 Å². The molecule has 1 unspecified atom stereocenters. The molecule has 1 aromatic carbocycles. The van der Waals surface area contributed by atoms with Gasteiger partial charge in [0, 0.05) is 18.0 Å². The van der Waals surface area contributed by atoms with Gasteiger partial charge in [0.05, 0.1) is 10.8 Å². The van der Waals surface area contributed by atoms with Gasteiger partial charge in [-0.3, -0.25) is 9.00 Å². The highest BCUT2D eigenvalue weighted by molar-refractivity contribution is 7.85. The lowest BCUT2D eigenvalue weighted by Crippen LogP contribution is -2.32. The zero-order chi connectivity index (χ0) is 12.4. The lowest BCUT2D eigenvalue weighted by molar-refractivity contribution is -0.127. The number of carbonyl (C=O) groups is 1. The Labute approximate surface area is 102 Å². The minimum Gasteiger partial charge on any atom is -0.342 e. The van der Waals surface area contributed by atoms with Crippen molar-refractivity contribution in [2.24, 2.45) is 0 Å². The van der Waals surface area contributed by atoms with Gasteiger partial charge in [-0.1, -0.05) is 6.07 Å². The Balaban J connectivity index is 1.98. The number of halogens is 1. The highest BCUT2D eigenvalue weighted by Crippen LogP contribution is 2.25. The first-order valence-corrected chi connectivity index (χ1v) is 6.79. The summed E-state index contributed by atoms with van der Waals surface area (Å²) in [5.74, 6) is -0.648. The Hall–Kier alpha value is -1.23. The smallest absolute Gasteiger partial charge is 0.235 e. The van der Waals surface area contributed by atoms with Gasteiger partial charge in [0.2, 0.25) is 5.91 Å². The molecular weight excluding hydrogens is 241 g/mol. The van der Waals surface area contributed by atoms with Gasteiger partial charge in [-0.2, -0.15) is 0 Å². The third-order valence-electron chi connectivity index (χ3n) is 2.80. The third kappa shape index (κ3) is 3.12. The molecule has 1 aromatic rings. The molecule has 0 spiro atoms. The van der Waals surface area contributed by atoms with Crippen molar-refractivity contribution in [1.29, 1.82) is 0 Å². The van der Waals surface area contributed by atoms with E-state index in [2.05, 4.69) is 0 Å². The Morgan fingerprint density at radius 1 is 1.53 bits per heavy atom. The molecule has 0 aromatic heterocycles. The molecule has 1 aliphatic rings. The molecule has 3 nitrogen and oxygen atoms in total. The van der Waals surface area contributed by atoms with Crippen LogP contribution in [-0.4, -0.2) is 33.9 Å². The van der Waals surface area contributed by atoms with Crippen LogP contribution < -0.4 is 0 Å². The van der Waals surface area contributed by atoms with Crippen LogP contribution in [0.15, 0.2) is 29.2 Å². The summed E-state index contributed by atoms with van der Waals surface area (Å²) >= 11 is 0. The second kappa shape index (κ2) is 4.96. The van der Waals surface area contributed by atoms with Crippen molar-refractivity contribution < 1.29 is 13.4 Å². The van der Waals surface area contributed by atoms with Crippen molar-refractivity contribution in [1.82, 2.24) is 4.90 Å². The predicted octanol–water partition coefficient (Wildman–Crippen LogP) is 1.55. The van der Waals surface area contributed by atoms with Crippen molar-refractivity contribution in [3.63, 3.8) is 0 Å². The molecule has 0 radical (unpaired) electrons. The predicted molar refractivity (Wildman–Crippen MR) is 63.5 cm³/mol. The number of hydrogen-bond donors (Lipinski definition) is 0. The quantitative estimate of drug-likeness (QED) is 0.818. The van der Waals surface area contributed by atoms with Gasteiger partial charge >= 0.3 is 0 Å². The van der Waals surface area contributed by atoms with Gasteiger partial charge in [0.15, 0.2) is 0 Å². The van der Waals surface area contributed by atoms with Crippen molar-refractivity contribution in [3.8, 4) is 0 Å². The van der Waals surface area contributed by atoms with Crippen LogP contribution in [0.2, 0.25) is 0 Å². The molecule has 17 heavy (non-hydrogen) atoms. The first-order valence-electron chi connectivity index (χ1n) is 5.47. The van der Waals surface area contributed by atoms with Crippen LogP contribution >= 0.6 is 0 Å². The summed E-state index contributed by atoms with van der Waals surface area (Å²) in [5.41, 5.74) is 0. The maximum Gasteiger partial charge on any atom is 0.235 e. The Morgan fingerprint density at radius 2 is 2.24 bits per heavy atom. The van der Waals surface area contributed by atoms with Gasteiger partial charge in [-0.15, -0.1) is 0 Å². The largest absolute Gasteiger partial charge is 0.342 e.